The highest BCUT2D eigenvalue weighted by Gasteiger charge is 2.11. The zero-order chi connectivity index (χ0) is 20.8. The summed E-state index contributed by atoms with van der Waals surface area (Å²) in [5.41, 5.74) is 2.75. The van der Waals surface area contributed by atoms with E-state index in [0.717, 1.165) is 28.6 Å². The maximum atomic E-state index is 12.7. The number of carbonyl (C=O) groups is 1. The molecular formula is C23H21N5O2. The van der Waals surface area contributed by atoms with E-state index >= 15 is 0 Å². The number of ether oxygens (including phenoxy) is 1. The Kier molecular flexibility index (Phi) is 5.80. The van der Waals surface area contributed by atoms with Crippen LogP contribution in [0.4, 0.5) is 11.5 Å². The number of carbonyl (C=O) groups excluding carboxylic acids is 1. The molecule has 0 fully saturated rings. The summed E-state index contributed by atoms with van der Waals surface area (Å²) in [5, 5.41) is 7.08. The second-order valence-corrected chi connectivity index (χ2v) is 6.61. The van der Waals surface area contributed by atoms with Crippen LogP contribution in [0.1, 0.15) is 16.1 Å². The molecule has 2 aromatic heterocycles. The molecule has 0 atom stereocenters. The van der Waals surface area contributed by atoms with Gasteiger partial charge in [0.15, 0.2) is 0 Å². The monoisotopic (exact) mass is 399 g/mol. The van der Waals surface area contributed by atoms with Crippen LogP contribution >= 0.6 is 0 Å². The third-order valence-corrected chi connectivity index (χ3v) is 4.67. The molecule has 0 aliphatic carbocycles. The molecule has 7 heteroatoms. The minimum atomic E-state index is -0.316. The third kappa shape index (κ3) is 4.35. The van der Waals surface area contributed by atoms with E-state index in [1.165, 1.54) is 6.33 Å². The number of benzene rings is 2. The number of hydrogen-bond donors (Lipinski definition) is 2. The van der Waals surface area contributed by atoms with Crippen molar-refractivity contribution in [3.05, 3.63) is 84.4 Å². The minimum absolute atomic E-state index is 0.276. The van der Waals surface area contributed by atoms with E-state index in [4.69, 9.17) is 4.74 Å². The molecule has 7 nitrogen and oxygen atoms in total. The fourth-order valence-corrected chi connectivity index (χ4v) is 3.20. The summed E-state index contributed by atoms with van der Waals surface area (Å²) < 4.78 is 5.37. The summed E-state index contributed by atoms with van der Waals surface area (Å²) in [7, 11) is 1.66. The lowest BCUT2D eigenvalue weighted by Gasteiger charge is -2.10. The van der Waals surface area contributed by atoms with Crippen LogP contribution in [0.25, 0.3) is 10.9 Å². The Labute approximate surface area is 174 Å². The van der Waals surface area contributed by atoms with Gasteiger partial charge < -0.3 is 15.4 Å². The van der Waals surface area contributed by atoms with Crippen molar-refractivity contribution in [2.45, 2.75) is 6.42 Å². The molecule has 0 unspecified atom stereocenters. The normalized spacial score (nSPS) is 10.6. The first-order valence-electron chi connectivity index (χ1n) is 9.57. The molecule has 2 N–H and O–H groups in total. The highest BCUT2D eigenvalue weighted by atomic mass is 16.5. The van der Waals surface area contributed by atoms with Gasteiger partial charge in [-0.1, -0.05) is 36.4 Å². The van der Waals surface area contributed by atoms with E-state index < -0.39 is 0 Å². The van der Waals surface area contributed by atoms with Crippen LogP contribution in [0.2, 0.25) is 0 Å². The largest absolute Gasteiger partial charge is 0.496 e. The van der Waals surface area contributed by atoms with Crippen LogP contribution in [-0.4, -0.2) is 34.5 Å². The number of anilines is 2. The van der Waals surface area contributed by atoms with Gasteiger partial charge in [-0.25, -0.2) is 9.97 Å². The predicted molar refractivity (Wildman–Crippen MR) is 117 cm³/mol. The molecule has 2 aromatic carbocycles. The molecule has 0 spiro atoms. The Morgan fingerprint density at radius 2 is 1.87 bits per heavy atom. The van der Waals surface area contributed by atoms with Crippen molar-refractivity contribution >= 4 is 28.3 Å². The summed E-state index contributed by atoms with van der Waals surface area (Å²) in [4.78, 5) is 25.4. The summed E-state index contributed by atoms with van der Waals surface area (Å²) >= 11 is 0. The zero-order valence-corrected chi connectivity index (χ0v) is 16.5. The van der Waals surface area contributed by atoms with Crippen LogP contribution in [0, 0.1) is 0 Å². The third-order valence-electron chi connectivity index (χ3n) is 4.67. The van der Waals surface area contributed by atoms with Gasteiger partial charge >= 0.3 is 0 Å². The maximum Gasteiger partial charge on any atom is 0.274 e. The van der Waals surface area contributed by atoms with Gasteiger partial charge in [-0.05, 0) is 30.2 Å². The number of methoxy groups -OCH3 is 1. The SMILES string of the molecule is COc1ccccc1CCNc1cc(C(=O)Nc2cccc3cccnc23)ncn1. The molecule has 4 aromatic rings. The molecule has 150 valence electrons. The van der Waals surface area contributed by atoms with Gasteiger partial charge in [-0.15, -0.1) is 0 Å². The van der Waals surface area contributed by atoms with Crippen molar-refractivity contribution in [3.8, 4) is 5.75 Å². The molecule has 30 heavy (non-hydrogen) atoms. The fourth-order valence-electron chi connectivity index (χ4n) is 3.20. The van der Waals surface area contributed by atoms with Gasteiger partial charge in [0.05, 0.1) is 18.3 Å². The predicted octanol–water partition coefficient (Wildman–Crippen LogP) is 3.94. The quantitative estimate of drug-likeness (QED) is 0.489. The van der Waals surface area contributed by atoms with Crippen molar-refractivity contribution in [2.24, 2.45) is 0 Å². The van der Waals surface area contributed by atoms with Crippen LogP contribution in [0.5, 0.6) is 5.75 Å². The number of hydrogen-bond acceptors (Lipinski definition) is 6. The lowest BCUT2D eigenvalue weighted by atomic mass is 10.1. The first kappa shape index (κ1) is 19.3. The van der Waals surface area contributed by atoms with Crippen LogP contribution < -0.4 is 15.4 Å². The lowest BCUT2D eigenvalue weighted by Crippen LogP contribution is -2.15. The standard InChI is InChI=1S/C23H21N5O2/c1-30-20-10-3-2-6-16(20)11-13-24-21-14-19(26-15-27-21)23(29)28-18-9-4-7-17-8-5-12-25-22(17)18/h2-10,12,14-15H,11,13H2,1H3,(H,28,29)(H,24,26,27). The number of nitrogens with one attached hydrogen (secondary N) is 2. The van der Waals surface area contributed by atoms with Gasteiger partial charge in [0.2, 0.25) is 0 Å². The number of fused-ring (bicyclic) bond motifs is 1. The van der Waals surface area contributed by atoms with Gasteiger partial charge in [0.1, 0.15) is 23.6 Å². The van der Waals surface area contributed by atoms with Gasteiger partial charge in [0, 0.05) is 24.2 Å². The van der Waals surface area contributed by atoms with Gasteiger partial charge in [-0.2, -0.15) is 0 Å². The Morgan fingerprint density at radius 1 is 1.00 bits per heavy atom. The highest BCUT2D eigenvalue weighted by Crippen LogP contribution is 2.21. The first-order chi connectivity index (χ1) is 14.7. The first-order valence-corrected chi connectivity index (χ1v) is 9.57. The summed E-state index contributed by atoms with van der Waals surface area (Å²) in [6.07, 6.45) is 3.84. The molecule has 0 aliphatic rings. The molecule has 0 saturated heterocycles. The van der Waals surface area contributed by atoms with Crippen LogP contribution in [0.3, 0.4) is 0 Å². The van der Waals surface area contributed by atoms with Crippen molar-refractivity contribution < 1.29 is 9.53 Å². The Morgan fingerprint density at radius 3 is 2.77 bits per heavy atom. The van der Waals surface area contributed by atoms with E-state index in [0.29, 0.717) is 18.1 Å². The number of pyridine rings is 1. The molecule has 4 rings (SSSR count). The number of para-hydroxylation sites is 2. The van der Waals surface area contributed by atoms with Crippen molar-refractivity contribution in [1.29, 1.82) is 0 Å². The van der Waals surface area contributed by atoms with Crippen LogP contribution in [-0.2, 0) is 6.42 Å². The van der Waals surface area contributed by atoms with E-state index in [9.17, 15) is 4.79 Å². The highest BCUT2D eigenvalue weighted by molar-refractivity contribution is 6.07. The average molecular weight is 399 g/mol. The van der Waals surface area contributed by atoms with Crippen molar-refractivity contribution in [2.75, 3.05) is 24.3 Å². The number of amides is 1. The van der Waals surface area contributed by atoms with E-state index in [1.807, 2.05) is 54.6 Å². The molecule has 0 saturated carbocycles. The van der Waals surface area contributed by atoms with Crippen LogP contribution in [0.15, 0.2) is 73.2 Å². The van der Waals surface area contributed by atoms with Crippen molar-refractivity contribution in [3.63, 3.8) is 0 Å². The van der Waals surface area contributed by atoms with Gasteiger partial charge in [0.25, 0.3) is 5.91 Å². The molecular weight excluding hydrogens is 378 g/mol. The smallest absolute Gasteiger partial charge is 0.274 e. The molecule has 0 aliphatic heterocycles. The molecule has 0 bridgehead atoms. The van der Waals surface area contributed by atoms with E-state index in [-0.39, 0.29) is 11.6 Å². The average Bonchev–Trinajstić information content (AvgIpc) is 2.80. The second-order valence-electron chi connectivity index (χ2n) is 6.61. The van der Waals surface area contributed by atoms with E-state index in [2.05, 4.69) is 25.6 Å². The summed E-state index contributed by atoms with van der Waals surface area (Å²) in [6, 6.07) is 19.0. The summed E-state index contributed by atoms with van der Waals surface area (Å²) in [5.74, 6) is 1.12. The Balaban J connectivity index is 1.43. The maximum absolute atomic E-state index is 12.7. The number of nitrogens with zero attached hydrogens (tertiary/aromatic N) is 3. The molecule has 1 amide bonds. The molecule has 0 radical (unpaired) electrons. The summed E-state index contributed by atoms with van der Waals surface area (Å²) in [6.45, 7) is 0.645. The topological polar surface area (TPSA) is 89.0 Å². The number of aromatic nitrogens is 3. The fraction of sp³-hybridized carbons (Fsp3) is 0.130. The Bertz CT molecular complexity index is 1170. The lowest BCUT2D eigenvalue weighted by molar-refractivity contribution is 0.102. The second kappa shape index (κ2) is 9.00. The van der Waals surface area contributed by atoms with E-state index in [1.54, 1.807) is 19.4 Å². The minimum Gasteiger partial charge on any atom is -0.496 e. The van der Waals surface area contributed by atoms with Gasteiger partial charge in [-0.3, -0.25) is 9.78 Å². The van der Waals surface area contributed by atoms with Crippen molar-refractivity contribution in [1.82, 2.24) is 15.0 Å². The molecule has 2 heterocycles. The Hall–Kier alpha value is -4.00. The zero-order valence-electron chi connectivity index (χ0n) is 16.5. The number of rotatable bonds is 7.